The standard InChI is InChI=1S/C21H23BrN4O2/c1-21(2,3)17-11-18(26(24-17)12-15-7-5-4-6-8-15)23-19(27)14-25-13-16(22)9-10-20(25)28/h4-11,13H,12,14H2,1-3H3,(H,23,27). The molecule has 0 unspecified atom stereocenters. The first kappa shape index (κ1) is 20.1. The smallest absolute Gasteiger partial charge is 0.251 e. The Labute approximate surface area is 172 Å². The van der Waals surface area contributed by atoms with E-state index < -0.39 is 0 Å². The zero-order chi connectivity index (χ0) is 20.3. The molecule has 6 nitrogen and oxygen atoms in total. The van der Waals surface area contributed by atoms with Crippen molar-refractivity contribution in [2.24, 2.45) is 0 Å². The van der Waals surface area contributed by atoms with Gasteiger partial charge in [-0.2, -0.15) is 5.10 Å². The number of carbonyl (C=O) groups excluding carboxylic acids is 1. The van der Waals surface area contributed by atoms with Gasteiger partial charge in [0, 0.05) is 28.2 Å². The molecule has 28 heavy (non-hydrogen) atoms. The van der Waals surface area contributed by atoms with Crippen molar-refractivity contribution >= 4 is 27.7 Å². The molecule has 7 heteroatoms. The number of hydrogen-bond acceptors (Lipinski definition) is 3. The number of benzene rings is 1. The van der Waals surface area contributed by atoms with Gasteiger partial charge in [-0.1, -0.05) is 51.1 Å². The quantitative estimate of drug-likeness (QED) is 0.653. The Kier molecular flexibility index (Phi) is 5.84. The second-order valence-electron chi connectivity index (χ2n) is 7.67. The van der Waals surface area contributed by atoms with Crippen LogP contribution in [0.3, 0.4) is 0 Å². The fraction of sp³-hybridized carbons (Fsp3) is 0.286. The van der Waals surface area contributed by atoms with E-state index in [1.165, 1.54) is 10.6 Å². The summed E-state index contributed by atoms with van der Waals surface area (Å²) >= 11 is 3.32. The maximum absolute atomic E-state index is 12.6. The van der Waals surface area contributed by atoms with E-state index in [0.717, 1.165) is 15.7 Å². The molecule has 3 rings (SSSR count). The molecule has 1 aromatic carbocycles. The van der Waals surface area contributed by atoms with Gasteiger partial charge in [-0.05, 0) is 27.6 Å². The first-order valence-electron chi connectivity index (χ1n) is 9.00. The minimum Gasteiger partial charge on any atom is -0.309 e. The third kappa shape index (κ3) is 4.98. The highest BCUT2D eigenvalue weighted by Crippen LogP contribution is 2.24. The number of nitrogens with zero attached hydrogens (tertiary/aromatic N) is 3. The lowest BCUT2D eigenvalue weighted by Gasteiger charge is -2.14. The van der Waals surface area contributed by atoms with Gasteiger partial charge in [0.2, 0.25) is 5.91 Å². The van der Waals surface area contributed by atoms with Gasteiger partial charge in [0.05, 0.1) is 12.2 Å². The van der Waals surface area contributed by atoms with Crippen molar-refractivity contribution in [1.82, 2.24) is 14.3 Å². The molecule has 0 bridgehead atoms. The first-order valence-corrected chi connectivity index (χ1v) is 9.80. The minimum atomic E-state index is -0.283. The number of amides is 1. The van der Waals surface area contributed by atoms with E-state index >= 15 is 0 Å². The zero-order valence-corrected chi connectivity index (χ0v) is 17.7. The minimum absolute atomic E-state index is 0.0698. The van der Waals surface area contributed by atoms with Crippen LogP contribution in [0.25, 0.3) is 0 Å². The molecule has 0 atom stereocenters. The molecule has 0 aliphatic heterocycles. The zero-order valence-electron chi connectivity index (χ0n) is 16.1. The first-order chi connectivity index (χ1) is 13.2. The monoisotopic (exact) mass is 442 g/mol. The molecule has 146 valence electrons. The second-order valence-corrected chi connectivity index (χ2v) is 8.59. The number of anilines is 1. The Bertz CT molecular complexity index is 1030. The molecule has 0 saturated carbocycles. The van der Waals surface area contributed by atoms with Gasteiger partial charge in [0.1, 0.15) is 12.4 Å². The summed E-state index contributed by atoms with van der Waals surface area (Å²) < 4.78 is 3.89. The summed E-state index contributed by atoms with van der Waals surface area (Å²) in [4.78, 5) is 24.5. The SMILES string of the molecule is CC(C)(C)c1cc(NC(=O)Cn2cc(Br)ccc2=O)n(Cc2ccccc2)n1. The van der Waals surface area contributed by atoms with Crippen LogP contribution in [0.1, 0.15) is 32.0 Å². The highest BCUT2D eigenvalue weighted by Gasteiger charge is 2.21. The Hall–Kier alpha value is -2.67. The molecule has 1 amide bonds. The lowest BCUT2D eigenvalue weighted by molar-refractivity contribution is -0.116. The Morgan fingerprint density at radius 2 is 1.86 bits per heavy atom. The van der Waals surface area contributed by atoms with Gasteiger partial charge < -0.3 is 9.88 Å². The molecule has 1 N–H and O–H groups in total. The number of carbonyl (C=O) groups is 1. The largest absolute Gasteiger partial charge is 0.309 e. The van der Waals surface area contributed by atoms with Gasteiger partial charge >= 0.3 is 0 Å². The molecular formula is C21H23BrN4O2. The van der Waals surface area contributed by atoms with Crippen LogP contribution in [0.4, 0.5) is 5.82 Å². The molecule has 0 aliphatic rings. The van der Waals surface area contributed by atoms with Gasteiger partial charge in [-0.15, -0.1) is 0 Å². The van der Waals surface area contributed by atoms with Crippen LogP contribution in [0, 0.1) is 0 Å². The van der Waals surface area contributed by atoms with Crippen molar-refractivity contribution in [1.29, 1.82) is 0 Å². The van der Waals surface area contributed by atoms with E-state index in [2.05, 4.69) is 42.0 Å². The predicted molar refractivity (Wildman–Crippen MR) is 114 cm³/mol. The van der Waals surface area contributed by atoms with Gasteiger partial charge in [-0.25, -0.2) is 4.68 Å². The maximum Gasteiger partial charge on any atom is 0.251 e. The molecule has 3 aromatic rings. The lowest BCUT2D eigenvalue weighted by atomic mass is 9.92. The molecule has 0 radical (unpaired) electrons. The summed E-state index contributed by atoms with van der Waals surface area (Å²) in [5.41, 5.74) is 1.59. The van der Waals surface area contributed by atoms with Crippen molar-refractivity contribution in [3.05, 3.63) is 80.8 Å². The van der Waals surface area contributed by atoms with Gasteiger partial charge in [-0.3, -0.25) is 9.59 Å². The van der Waals surface area contributed by atoms with E-state index in [1.807, 2.05) is 36.4 Å². The number of aromatic nitrogens is 3. The number of rotatable bonds is 5. The Balaban J connectivity index is 1.85. The third-order valence-electron chi connectivity index (χ3n) is 4.25. The third-order valence-corrected chi connectivity index (χ3v) is 4.72. The maximum atomic E-state index is 12.6. The van der Waals surface area contributed by atoms with Crippen LogP contribution in [0.15, 0.2) is 64.0 Å². The summed E-state index contributed by atoms with van der Waals surface area (Å²) in [5.74, 6) is 0.330. The molecule has 0 saturated heterocycles. The molecular weight excluding hydrogens is 420 g/mol. The van der Waals surface area contributed by atoms with E-state index in [1.54, 1.807) is 16.9 Å². The van der Waals surface area contributed by atoms with Crippen LogP contribution in [-0.2, 0) is 23.3 Å². The highest BCUT2D eigenvalue weighted by atomic mass is 79.9. The van der Waals surface area contributed by atoms with Crippen LogP contribution >= 0.6 is 15.9 Å². The van der Waals surface area contributed by atoms with E-state index in [-0.39, 0.29) is 23.4 Å². The second kappa shape index (κ2) is 8.14. The molecule has 2 heterocycles. The Morgan fingerprint density at radius 3 is 2.54 bits per heavy atom. The summed E-state index contributed by atoms with van der Waals surface area (Å²) in [6.07, 6.45) is 1.60. The summed E-state index contributed by atoms with van der Waals surface area (Å²) in [6, 6.07) is 14.9. The van der Waals surface area contributed by atoms with Crippen LogP contribution in [-0.4, -0.2) is 20.3 Å². The van der Waals surface area contributed by atoms with Crippen LogP contribution in [0.2, 0.25) is 0 Å². The van der Waals surface area contributed by atoms with Gasteiger partial charge in [0.15, 0.2) is 0 Å². The predicted octanol–water partition coefficient (Wildman–Crippen LogP) is 3.79. The normalized spacial score (nSPS) is 11.4. The van der Waals surface area contributed by atoms with Crippen molar-refractivity contribution in [2.45, 2.75) is 39.3 Å². The fourth-order valence-corrected chi connectivity index (χ4v) is 3.10. The van der Waals surface area contributed by atoms with Crippen molar-refractivity contribution in [3.63, 3.8) is 0 Å². The number of nitrogens with one attached hydrogen (secondary N) is 1. The molecule has 2 aromatic heterocycles. The molecule has 0 aliphatic carbocycles. The van der Waals surface area contributed by atoms with Gasteiger partial charge in [0.25, 0.3) is 5.56 Å². The van der Waals surface area contributed by atoms with E-state index in [0.29, 0.717) is 12.4 Å². The van der Waals surface area contributed by atoms with E-state index in [9.17, 15) is 9.59 Å². The van der Waals surface area contributed by atoms with E-state index in [4.69, 9.17) is 5.10 Å². The Morgan fingerprint density at radius 1 is 1.14 bits per heavy atom. The summed E-state index contributed by atoms with van der Waals surface area (Å²) in [7, 11) is 0. The topological polar surface area (TPSA) is 68.9 Å². The van der Waals surface area contributed by atoms with Crippen molar-refractivity contribution in [3.8, 4) is 0 Å². The number of hydrogen-bond donors (Lipinski definition) is 1. The van der Waals surface area contributed by atoms with Crippen LogP contribution < -0.4 is 10.9 Å². The summed E-state index contributed by atoms with van der Waals surface area (Å²) in [6.45, 7) is 6.71. The molecule has 0 fully saturated rings. The van der Waals surface area contributed by atoms with Crippen LogP contribution in [0.5, 0.6) is 0 Å². The fourth-order valence-electron chi connectivity index (χ4n) is 2.72. The average Bonchev–Trinajstić information content (AvgIpc) is 3.02. The highest BCUT2D eigenvalue weighted by molar-refractivity contribution is 9.10. The lowest BCUT2D eigenvalue weighted by Crippen LogP contribution is -2.27. The molecule has 0 spiro atoms. The average molecular weight is 443 g/mol. The van der Waals surface area contributed by atoms with Crippen molar-refractivity contribution < 1.29 is 4.79 Å². The number of halogens is 1. The number of pyridine rings is 1. The van der Waals surface area contributed by atoms with Crippen molar-refractivity contribution in [2.75, 3.05) is 5.32 Å². The summed E-state index contributed by atoms with van der Waals surface area (Å²) in [5, 5.41) is 7.60.